The maximum Gasteiger partial charge on any atom is 0.222 e. The van der Waals surface area contributed by atoms with Gasteiger partial charge in [0.25, 0.3) is 0 Å². The summed E-state index contributed by atoms with van der Waals surface area (Å²) in [4.78, 5) is 20.6. The fourth-order valence-corrected chi connectivity index (χ4v) is 4.80. The Morgan fingerprint density at radius 3 is 3.09 bits per heavy atom. The number of carbonyl (C=O) groups excluding carboxylic acids is 1. The SMILES string of the molecule is O=C1CCCN1CC[C@H]1CCOC12CN(Cc1nccs1)C2. The summed E-state index contributed by atoms with van der Waals surface area (Å²) >= 11 is 1.72. The van der Waals surface area contributed by atoms with Gasteiger partial charge in [-0.2, -0.15) is 0 Å². The summed E-state index contributed by atoms with van der Waals surface area (Å²) < 4.78 is 6.12. The molecule has 1 atom stereocenters. The predicted molar refractivity (Wildman–Crippen MR) is 84.6 cm³/mol. The van der Waals surface area contributed by atoms with Gasteiger partial charge >= 0.3 is 0 Å². The second-order valence-corrected chi connectivity index (χ2v) is 7.72. The molecule has 3 saturated heterocycles. The monoisotopic (exact) mass is 321 g/mol. The first-order chi connectivity index (χ1) is 10.8. The van der Waals surface area contributed by atoms with Crippen molar-refractivity contribution in [1.29, 1.82) is 0 Å². The molecule has 0 N–H and O–H groups in total. The van der Waals surface area contributed by atoms with Crippen molar-refractivity contribution in [3.63, 3.8) is 0 Å². The summed E-state index contributed by atoms with van der Waals surface area (Å²) in [5, 5.41) is 3.22. The number of nitrogens with zero attached hydrogens (tertiary/aromatic N) is 3. The molecule has 120 valence electrons. The number of rotatable bonds is 5. The van der Waals surface area contributed by atoms with E-state index >= 15 is 0 Å². The van der Waals surface area contributed by atoms with Gasteiger partial charge in [-0.25, -0.2) is 4.98 Å². The van der Waals surface area contributed by atoms with Gasteiger partial charge in [0.1, 0.15) is 5.01 Å². The molecule has 1 amide bonds. The van der Waals surface area contributed by atoms with Crippen molar-refractivity contribution < 1.29 is 9.53 Å². The van der Waals surface area contributed by atoms with E-state index in [4.69, 9.17) is 4.74 Å². The molecule has 22 heavy (non-hydrogen) atoms. The van der Waals surface area contributed by atoms with E-state index in [9.17, 15) is 4.79 Å². The molecule has 0 radical (unpaired) electrons. The summed E-state index contributed by atoms with van der Waals surface area (Å²) in [7, 11) is 0. The van der Waals surface area contributed by atoms with Crippen LogP contribution in [0.25, 0.3) is 0 Å². The van der Waals surface area contributed by atoms with Crippen LogP contribution in [-0.2, 0) is 16.1 Å². The Bertz CT molecular complexity index is 528. The number of ether oxygens (including phenoxy) is 1. The van der Waals surface area contributed by atoms with Gasteiger partial charge in [0.2, 0.25) is 5.91 Å². The smallest absolute Gasteiger partial charge is 0.222 e. The third-order valence-corrected chi connectivity index (χ3v) is 6.11. The van der Waals surface area contributed by atoms with Gasteiger partial charge in [0.15, 0.2) is 0 Å². The highest BCUT2D eigenvalue weighted by Crippen LogP contribution is 2.42. The Morgan fingerprint density at radius 1 is 1.45 bits per heavy atom. The Morgan fingerprint density at radius 2 is 2.36 bits per heavy atom. The molecule has 5 nitrogen and oxygen atoms in total. The number of hydrogen-bond acceptors (Lipinski definition) is 5. The molecule has 3 aliphatic heterocycles. The Hall–Kier alpha value is -0.980. The van der Waals surface area contributed by atoms with E-state index in [1.165, 1.54) is 5.01 Å². The highest BCUT2D eigenvalue weighted by molar-refractivity contribution is 7.09. The van der Waals surface area contributed by atoms with Crippen LogP contribution in [0.15, 0.2) is 11.6 Å². The zero-order valence-electron chi connectivity index (χ0n) is 12.9. The lowest BCUT2D eigenvalue weighted by molar-refractivity contribution is -0.139. The average molecular weight is 321 g/mol. The van der Waals surface area contributed by atoms with Crippen LogP contribution in [0.5, 0.6) is 0 Å². The van der Waals surface area contributed by atoms with Gasteiger partial charge in [0.05, 0.1) is 12.1 Å². The molecular formula is C16H23N3O2S. The van der Waals surface area contributed by atoms with Crippen molar-refractivity contribution in [3.05, 3.63) is 16.6 Å². The first kappa shape index (κ1) is 14.6. The van der Waals surface area contributed by atoms with Gasteiger partial charge in [-0.05, 0) is 25.2 Å². The molecule has 1 spiro atoms. The molecule has 3 aliphatic rings. The van der Waals surface area contributed by atoms with Crippen LogP contribution in [0.4, 0.5) is 0 Å². The zero-order chi connectivity index (χ0) is 15.0. The lowest BCUT2D eigenvalue weighted by Crippen LogP contribution is -2.64. The minimum absolute atomic E-state index is 0.0556. The maximum atomic E-state index is 11.7. The number of carbonyl (C=O) groups is 1. The van der Waals surface area contributed by atoms with E-state index in [1.807, 2.05) is 16.5 Å². The fourth-order valence-electron chi connectivity index (χ4n) is 4.14. The molecule has 1 aromatic heterocycles. The number of hydrogen-bond donors (Lipinski definition) is 0. The molecular weight excluding hydrogens is 298 g/mol. The number of amides is 1. The summed E-state index contributed by atoms with van der Waals surface area (Å²) in [6.45, 7) is 5.73. The highest BCUT2D eigenvalue weighted by Gasteiger charge is 2.52. The van der Waals surface area contributed by atoms with Crippen LogP contribution in [0.3, 0.4) is 0 Å². The molecule has 0 aromatic carbocycles. The van der Waals surface area contributed by atoms with E-state index in [1.54, 1.807) is 11.3 Å². The molecule has 6 heteroatoms. The van der Waals surface area contributed by atoms with Crippen LogP contribution >= 0.6 is 11.3 Å². The van der Waals surface area contributed by atoms with Crippen molar-refractivity contribution >= 4 is 17.2 Å². The van der Waals surface area contributed by atoms with Gasteiger partial charge in [-0.1, -0.05) is 0 Å². The maximum absolute atomic E-state index is 11.7. The summed E-state index contributed by atoms with van der Waals surface area (Å²) in [5.74, 6) is 0.945. The quantitative estimate of drug-likeness (QED) is 0.829. The first-order valence-corrected chi connectivity index (χ1v) is 9.16. The summed E-state index contributed by atoms with van der Waals surface area (Å²) in [5.41, 5.74) is 0.0556. The molecule has 3 fully saturated rings. The van der Waals surface area contributed by atoms with Crippen LogP contribution in [0.1, 0.15) is 30.7 Å². The Kier molecular flexibility index (Phi) is 3.92. The predicted octanol–water partition coefficient (Wildman–Crippen LogP) is 1.75. The van der Waals surface area contributed by atoms with Crippen molar-refractivity contribution in [2.75, 3.05) is 32.8 Å². The minimum atomic E-state index is 0.0556. The molecule has 4 rings (SSSR count). The van der Waals surface area contributed by atoms with E-state index in [0.29, 0.717) is 11.8 Å². The van der Waals surface area contributed by atoms with Crippen molar-refractivity contribution in [1.82, 2.24) is 14.8 Å². The van der Waals surface area contributed by atoms with Crippen molar-refractivity contribution in [2.24, 2.45) is 5.92 Å². The lowest BCUT2D eigenvalue weighted by Gasteiger charge is -2.50. The largest absolute Gasteiger partial charge is 0.372 e. The Labute approximate surface area is 135 Å². The second-order valence-electron chi connectivity index (χ2n) is 6.74. The molecule has 0 aliphatic carbocycles. The summed E-state index contributed by atoms with van der Waals surface area (Å²) in [6.07, 6.45) is 5.89. The van der Waals surface area contributed by atoms with E-state index < -0.39 is 0 Å². The van der Waals surface area contributed by atoms with Gasteiger partial charge in [-0.3, -0.25) is 9.69 Å². The minimum Gasteiger partial charge on any atom is -0.372 e. The van der Waals surface area contributed by atoms with Crippen LogP contribution in [-0.4, -0.2) is 59.1 Å². The molecule has 0 bridgehead atoms. The summed E-state index contributed by atoms with van der Waals surface area (Å²) in [6, 6.07) is 0. The molecule has 0 unspecified atom stereocenters. The number of thiazole rings is 1. The standard InChI is InChI=1S/C16H23N3O2S/c20-15-2-1-6-19(15)7-3-13-4-8-21-16(13)11-18(12-16)10-14-17-5-9-22-14/h5,9,13H,1-4,6-8,10-12H2/t13-/m0/s1. The number of aromatic nitrogens is 1. The third kappa shape index (κ3) is 2.68. The lowest BCUT2D eigenvalue weighted by atomic mass is 9.79. The van der Waals surface area contributed by atoms with Gasteiger partial charge in [0, 0.05) is 50.8 Å². The molecule has 4 heterocycles. The highest BCUT2D eigenvalue weighted by atomic mass is 32.1. The zero-order valence-corrected chi connectivity index (χ0v) is 13.7. The van der Waals surface area contributed by atoms with E-state index in [-0.39, 0.29) is 5.60 Å². The molecule has 0 saturated carbocycles. The first-order valence-electron chi connectivity index (χ1n) is 8.28. The van der Waals surface area contributed by atoms with Crippen LogP contribution in [0, 0.1) is 5.92 Å². The third-order valence-electron chi connectivity index (χ3n) is 5.34. The van der Waals surface area contributed by atoms with Crippen molar-refractivity contribution in [3.8, 4) is 0 Å². The Balaban J connectivity index is 1.29. The molecule has 1 aromatic rings. The fraction of sp³-hybridized carbons (Fsp3) is 0.750. The van der Waals surface area contributed by atoms with Crippen LogP contribution in [0.2, 0.25) is 0 Å². The van der Waals surface area contributed by atoms with Gasteiger partial charge < -0.3 is 9.64 Å². The van der Waals surface area contributed by atoms with E-state index in [2.05, 4.69) is 9.88 Å². The van der Waals surface area contributed by atoms with Gasteiger partial charge in [-0.15, -0.1) is 11.3 Å². The topological polar surface area (TPSA) is 45.7 Å². The second kappa shape index (κ2) is 5.91. The number of likely N-dealkylation sites (tertiary alicyclic amines) is 2. The van der Waals surface area contributed by atoms with Crippen molar-refractivity contribution in [2.45, 2.75) is 37.8 Å². The average Bonchev–Trinajstić information content (AvgIpc) is 3.17. The van der Waals surface area contributed by atoms with E-state index in [0.717, 1.165) is 65.0 Å². The normalized spacial score (nSPS) is 27.7. The van der Waals surface area contributed by atoms with Crippen LogP contribution < -0.4 is 0 Å².